The second-order valence-electron chi connectivity index (χ2n) is 3.36. The van der Waals surface area contributed by atoms with Gasteiger partial charge in [0.15, 0.2) is 5.96 Å². The summed E-state index contributed by atoms with van der Waals surface area (Å²) in [6, 6.07) is 8.34. The van der Waals surface area contributed by atoms with Gasteiger partial charge in [-0.1, -0.05) is 28.1 Å². The van der Waals surface area contributed by atoms with Crippen LogP contribution >= 0.6 is 15.9 Å². The zero-order chi connectivity index (χ0) is 9.97. The van der Waals surface area contributed by atoms with Crippen molar-refractivity contribution in [3.8, 4) is 0 Å². The van der Waals surface area contributed by atoms with Crippen LogP contribution in [0.1, 0.15) is 11.5 Å². The Labute approximate surface area is 91.5 Å². The van der Waals surface area contributed by atoms with Gasteiger partial charge < -0.3 is 11.1 Å². The van der Waals surface area contributed by atoms with Crippen LogP contribution in [0.4, 0.5) is 0 Å². The molecule has 0 aromatic heterocycles. The third-order valence-corrected chi connectivity index (χ3v) is 2.88. The molecule has 1 aromatic rings. The fourth-order valence-corrected chi connectivity index (χ4v) is 1.78. The van der Waals surface area contributed by atoms with E-state index in [4.69, 9.17) is 5.73 Å². The van der Waals surface area contributed by atoms with Crippen molar-refractivity contribution in [2.75, 3.05) is 13.1 Å². The molecular formula is C10H12BrN3. The van der Waals surface area contributed by atoms with E-state index >= 15 is 0 Å². The minimum atomic E-state index is 0.440. The zero-order valence-electron chi connectivity index (χ0n) is 7.70. The topological polar surface area (TPSA) is 50.4 Å². The molecule has 4 heteroatoms. The fraction of sp³-hybridized carbons (Fsp3) is 0.300. The number of nitrogens with two attached hydrogens (primary N) is 1. The molecule has 3 N–H and O–H groups in total. The third-order valence-electron chi connectivity index (χ3n) is 2.35. The lowest BCUT2D eigenvalue weighted by atomic mass is 9.98. The maximum absolute atomic E-state index is 5.53. The van der Waals surface area contributed by atoms with Crippen LogP contribution in [-0.4, -0.2) is 19.0 Å². The molecule has 1 aliphatic heterocycles. The van der Waals surface area contributed by atoms with E-state index < -0.39 is 0 Å². The van der Waals surface area contributed by atoms with Gasteiger partial charge in [0.05, 0.1) is 6.54 Å². The normalized spacial score (nSPS) is 21.2. The monoisotopic (exact) mass is 253 g/mol. The summed E-state index contributed by atoms with van der Waals surface area (Å²) in [5.74, 6) is 0.994. The number of hydrogen-bond acceptors (Lipinski definition) is 3. The molecule has 0 fully saturated rings. The summed E-state index contributed by atoms with van der Waals surface area (Å²) in [6.07, 6.45) is 0. The Hall–Kier alpha value is -1.03. The molecule has 0 aliphatic carbocycles. The highest BCUT2D eigenvalue weighted by molar-refractivity contribution is 9.10. The van der Waals surface area contributed by atoms with E-state index in [1.807, 2.05) is 0 Å². The minimum Gasteiger partial charge on any atom is -0.370 e. The molecule has 1 aromatic carbocycles. The number of rotatable bonds is 1. The Morgan fingerprint density at radius 1 is 1.36 bits per heavy atom. The fourth-order valence-electron chi connectivity index (χ4n) is 1.51. The van der Waals surface area contributed by atoms with Gasteiger partial charge in [-0.15, -0.1) is 0 Å². The molecular weight excluding hydrogens is 242 g/mol. The number of nitrogens with zero attached hydrogens (tertiary/aromatic N) is 1. The standard InChI is InChI=1S/C10H12BrN3/c11-9-3-1-7(2-4-9)8-5-13-10(12)14-6-8/h1-4,8H,5-6H2,(H3,12,13,14). The Balaban J connectivity index is 2.13. The van der Waals surface area contributed by atoms with E-state index in [0.29, 0.717) is 11.9 Å². The minimum absolute atomic E-state index is 0.440. The van der Waals surface area contributed by atoms with Crippen molar-refractivity contribution in [1.82, 2.24) is 5.32 Å². The van der Waals surface area contributed by atoms with E-state index in [0.717, 1.165) is 17.6 Å². The molecule has 1 unspecified atom stereocenters. The van der Waals surface area contributed by atoms with Crippen molar-refractivity contribution < 1.29 is 0 Å². The van der Waals surface area contributed by atoms with Crippen molar-refractivity contribution in [2.45, 2.75) is 5.92 Å². The van der Waals surface area contributed by atoms with Gasteiger partial charge in [0.2, 0.25) is 0 Å². The molecule has 2 rings (SSSR count). The second-order valence-corrected chi connectivity index (χ2v) is 4.27. The lowest BCUT2D eigenvalue weighted by Crippen LogP contribution is -2.39. The highest BCUT2D eigenvalue weighted by atomic mass is 79.9. The lowest BCUT2D eigenvalue weighted by molar-refractivity contribution is 0.635. The summed E-state index contributed by atoms with van der Waals surface area (Å²) in [5.41, 5.74) is 6.83. The van der Waals surface area contributed by atoms with Gasteiger partial charge in [0, 0.05) is 16.9 Å². The summed E-state index contributed by atoms with van der Waals surface area (Å²) >= 11 is 3.42. The quantitative estimate of drug-likeness (QED) is 0.796. The number of guanidine groups is 1. The van der Waals surface area contributed by atoms with E-state index in [-0.39, 0.29) is 0 Å². The van der Waals surface area contributed by atoms with E-state index in [2.05, 4.69) is 50.5 Å². The van der Waals surface area contributed by atoms with Gasteiger partial charge in [-0.2, -0.15) is 0 Å². The number of nitrogens with one attached hydrogen (secondary N) is 1. The molecule has 1 atom stereocenters. The van der Waals surface area contributed by atoms with Crippen LogP contribution in [0.2, 0.25) is 0 Å². The molecule has 0 spiro atoms. The Morgan fingerprint density at radius 3 is 2.64 bits per heavy atom. The molecule has 1 heterocycles. The van der Waals surface area contributed by atoms with Crippen LogP contribution in [0, 0.1) is 0 Å². The molecule has 1 aliphatic rings. The highest BCUT2D eigenvalue weighted by Gasteiger charge is 2.14. The first-order chi connectivity index (χ1) is 6.75. The summed E-state index contributed by atoms with van der Waals surface area (Å²) in [7, 11) is 0. The number of benzene rings is 1. The molecule has 0 bridgehead atoms. The van der Waals surface area contributed by atoms with Crippen LogP contribution in [0.5, 0.6) is 0 Å². The molecule has 0 amide bonds. The summed E-state index contributed by atoms with van der Waals surface area (Å²) in [5, 5.41) is 3.06. The molecule has 74 valence electrons. The van der Waals surface area contributed by atoms with E-state index in [1.165, 1.54) is 5.56 Å². The van der Waals surface area contributed by atoms with Crippen molar-refractivity contribution >= 4 is 21.9 Å². The first-order valence-electron chi connectivity index (χ1n) is 4.55. The Morgan fingerprint density at radius 2 is 2.07 bits per heavy atom. The SMILES string of the molecule is NC1=NCC(c2ccc(Br)cc2)CN1. The van der Waals surface area contributed by atoms with Gasteiger partial charge in [0.25, 0.3) is 0 Å². The van der Waals surface area contributed by atoms with E-state index in [1.54, 1.807) is 0 Å². The van der Waals surface area contributed by atoms with Crippen molar-refractivity contribution in [2.24, 2.45) is 10.7 Å². The summed E-state index contributed by atoms with van der Waals surface area (Å²) < 4.78 is 1.10. The van der Waals surface area contributed by atoms with Crippen molar-refractivity contribution in [3.63, 3.8) is 0 Å². The summed E-state index contributed by atoms with van der Waals surface area (Å²) in [4.78, 5) is 4.18. The van der Waals surface area contributed by atoms with Crippen LogP contribution in [0.25, 0.3) is 0 Å². The van der Waals surface area contributed by atoms with Crippen LogP contribution < -0.4 is 11.1 Å². The van der Waals surface area contributed by atoms with Crippen LogP contribution in [-0.2, 0) is 0 Å². The first-order valence-corrected chi connectivity index (χ1v) is 5.34. The van der Waals surface area contributed by atoms with Gasteiger partial charge in [-0.05, 0) is 17.7 Å². The Kier molecular flexibility index (Phi) is 2.72. The molecule has 0 radical (unpaired) electrons. The number of hydrogen-bond donors (Lipinski definition) is 2. The van der Waals surface area contributed by atoms with Crippen LogP contribution in [0.15, 0.2) is 33.7 Å². The van der Waals surface area contributed by atoms with E-state index in [9.17, 15) is 0 Å². The maximum atomic E-state index is 5.53. The van der Waals surface area contributed by atoms with Gasteiger partial charge >= 0.3 is 0 Å². The lowest BCUT2D eigenvalue weighted by Gasteiger charge is -2.21. The maximum Gasteiger partial charge on any atom is 0.188 e. The smallest absolute Gasteiger partial charge is 0.188 e. The third kappa shape index (κ3) is 2.07. The second kappa shape index (κ2) is 4.00. The Bertz CT molecular complexity index is 345. The van der Waals surface area contributed by atoms with Crippen LogP contribution in [0.3, 0.4) is 0 Å². The van der Waals surface area contributed by atoms with Crippen molar-refractivity contribution in [3.05, 3.63) is 34.3 Å². The van der Waals surface area contributed by atoms with Crippen molar-refractivity contribution in [1.29, 1.82) is 0 Å². The molecule has 0 saturated carbocycles. The predicted molar refractivity (Wildman–Crippen MR) is 61.4 cm³/mol. The zero-order valence-corrected chi connectivity index (χ0v) is 9.29. The number of halogens is 1. The number of aliphatic imine (C=N–C) groups is 1. The summed E-state index contributed by atoms with van der Waals surface area (Å²) in [6.45, 7) is 1.65. The molecule has 0 saturated heterocycles. The van der Waals surface area contributed by atoms with Gasteiger partial charge in [0.1, 0.15) is 0 Å². The van der Waals surface area contributed by atoms with Gasteiger partial charge in [-0.3, -0.25) is 4.99 Å². The molecule has 3 nitrogen and oxygen atoms in total. The first kappa shape index (κ1) is 9.52. The average molecular weight is 254 g/mol. The molecule has 14 heavy (non-hydrogen) atoms. The van der Waals surface area contributed by atoms with Gasteiger partial charge in [-0.25, -0.2) is 0 Å². The highest BCUT2D eigenvalue weighted by Crippen LogP contribution is 2.19. The predicted octanol–water partition coefficient (Wildman–Crippen LogP) is 1.45. The largest absolute Gasteiger partial charge is 0.370 e. The average Bonchev–Trinajstić information content (AvgIpc) is 2.21.